The third-order valence-electron chi connectivity index (χ3n) is 6.34. The zero-order valence-corrected chi connectivity index (χ0v) is 14.4. The number of aromatic nitrogens is 2. The molecule has 4 fully saturated rings. The van der Waals surface area contributed by atoms with Crippen molar-refractivity contribution in [3.63, 3.8) is 0 Å². The van der Waals surface area contributed by atoms with Crippen LogP contribution in [-0.4, -0.2) is 45.4 Å². The van der Waals surface area contributed by atoms with Crippen LogP contribution in [0.15, 0.2) is 43.0 Å². The van der Waals surface area contributed by atoms with Crippen molar-refractivity contribution in [1.82, 2.24) is 19.6 Å². The number of rotatable bonds is 2. The average Bonchev–Trinajstić information content (AvgIpc) is 3.30. The highest BCUT2D eigenvalue weighted by atomic mass is 16.2. The van der Waals surface area contributed by atoms with Crippen LogP contribution in [-0.2, 0) is 4.79 Å². The maximum atomic E-state index is 13.1. The van der Waals surface area contributed by atoms with E-state index in [2.05, 4.69) is 44.5 Å². The minimum atomic E-state index is -0.0464. The van der Waals surface area contributed by atoms with Gasteiger partial charge in [0.2, 0.25) is 5.91 Å². The maximum Gasteiger partial charge on any atom is 0.240 e. The SMILES string of the molecule is C=C1C[C@@H]2CC[C@H]1[C@@H](C(=O)N1CCC(c3ccc4cncn4c3)C1)N2. The predicted octanol–water partition coefficient (Wildman–Crippen LogP) is 2.35. The molecule has 0 spiro atoms. The first-order valence-corrected chi connectivity index (χ1v) is 9.33. The van der Waals surface area contributed by atoms with Gasteiger partial charge in [0.25, 0.3) is 0 Å². The van der Waals surface area contributed by atoms with Crippen LogP contribution in [0.25, 0.3) is 5.52 Å². The lowest BCUT2D eigenvalue weighted by atomic mass is 9.73. The Morgan fingerprint density at radius 1 is 1.28 bits per heavy atom. The standard InChI is InChI=1S/C20H24N4O/c1-13-8-16-3-5-18(13)19(22-16)20(25)23-7-6-15(10-23)14-2-4-17-9-21-12-24(17)11-14/h2,4,9,11-12,15-16,18-19,22H,1,3,5-8,10H2/t15?,16-,18+,19-/m0/s1. The molecule has 5 heterocycles. The Balaban J connectivity index is 1.31. The fourth-order valence-electron chi connectivity index (χ4n) is 4.92. The first kappa shape index (κ1) is 15.1. The van der Waals surface area contributed by atoms with Gasteiger partial charge in [-0.05, 0) is 37.3 Å². The van der Waals surface area contributed by atoms with Gasteiger partial charge < -0.3 is 14.6 Å². The summed E-state index contributed by atoms with van der Waals surface area (Å²) >= 11 is 0. The van der Waals surface area contributed by atoms with Crippen LogP contribution in [0.3, 0.4) is 0 Å². The number of carbonyl (C=O) groups excluding carboxylic acids is 1. The number of amides is 1. The lowest BCUT2D eigenvalue weighted by molar-refractivity contribution is -0.135. The zero-order chi connectivity index (χ0) is 17.0. The topological polar surface area (TPSA) is 49.6 Å². The van der Waals surface area contributed by atoms with Crippen molar-refractivity contribution in [1.29, 1.82) is 0 Å². The first-order valence-electron chi connectivity index (χ1n) is 9.33. The van der Waals surface area contributed by atoms with Crippen molar-refractivity contribution in [2.45, 2.75) is 43.7 Å². The van der Waals surface area contributed by atoms with E-state index in [4.69, 9.17) is 0 Å². The van der Waals surface area contributed by atoms with E-state index >= 15 is 0 Å². The Morgan fingerprint density at radius 2 is 2.20 bits per heavy atom. The molecule has 4 atom stereocenters. The minimum absolute atomic E-state index is 0.0464. The van der Waals surface area contributed by atoms with Crippen LogP contribution in [0, 0.1) is 5.92 Å². The Bertz CT molecular complexity index is 841. The summed E-state index contributed by atoms with van der Waals surface area (Å²) in [5.74, 6) is 1.03. The molecule has 0 aromatic carbocycles. The van der Waals surface area contributed by atoms with Crippen LogP contribution in [0.5, 0.6) is 0 Å². The molecular weight excluding hydrogens is 312 g/mol. The molecule has 5 heteroatoms. The number of carbonyl (C=O) groups is 1. The Labute approximate surface area is 147 Å². The smallest absolute Gasteiger partial charge is 0.240 e. The van der Waals surface area contributed by atoms with Gasteiger partial charge in [-0.2, -0.15) is 0 Å². The number of imidazole rings is 1. The van der Waals surface area contributed by atoms with Crippen molar-refractivity contribution in [2.24, 2.45) is 5.92 Å². The molecule has 3 aliphatic heterocycles. The summed E-state index contributed by atoms with van der Waals surface area (Å²) in [6.07, 6.45) is 10.2. The molecule has 25 heavy (non-hydrogen) atoms. The van der Waals surface area contributed by atoms with Gasteiger partial charge in [-0.15, -0.1) is 0 Å². The largest absolute Gasteiger partial charge is 0.341 e. The highest BCUT2D eigenvalue weighted by Gasteiger charge is 2.43. The minimum Gasteiger partial charge on any atom is -0.341 e. The maximum absolute atomic E-state index is 13.1. The fraction of sp³-hybridized carbons (Fsp3) is 0.500. The predicted molar refractivity (Wildman–Crippen MR) is 96.3 cm³/mol. The number of fused-ring (bicyclic) bond motifs is 4. The highest BCUT2D eigenvalue weighted by Crippen LogP contribution is 2.38. The molecule has 130 valence electrons. The van der Waals surface area contributed by atoms with Gasteiger partial charge in [0, 0.05) is 37.2 Å². The van der Waals surface area contributed by atoms with Gasteiger partial charge in [0.1, 0.15) is 0 Å². The van der Waals surface area contributed by atoms with E-state index in [9.17, 15) is 4.79 Å². The van der Waals surface area contributed by atoms with E-state index in [0.29, 0.717) is 17.9 Å². The van der Waals surface area contributed by atoms with Crippen LogP contribution >= 0.6 is 0 Å². The second-order valence-electron chi connectivity index (χ2n) is 7.85. The molecule has 2 bridgehead atoms. The van der Waals surface area contributed by atoms with E-state index in [-0.39, 0.29) is 11.9 Å². The Kier molecular flexibility index (Phi) is 3.45. The molecule has 1 N–H and O–H groups in total. The van der Waals surface area contributed by atoms with Crippen molar-refractivity contribution >= 4 is 11.4 Å². The highest BCUT2D eigenvalue weighted by molar-refractivity contribution is 5.83. The second kappa shape index (κ2) is 5.70. The summed E-state index contributed by atoms with van der Waals surface area (Å²) in [6, 6.07) is 4.69. The molecule has 0 radical (unpaired) electrons. The Hall–Kier alpha value is -2.14. The molecule has 1 amide bonds. The fourth-order valence-corrected chi connectivity index (χ4v) is 4.92. The molecule has 5 nitrogen and oxygen atoms in total. The number of piperidine rings is 2. The number of nitrogens with zero attached hydrogens (tertiary/aromatic N) is 3. The van der Waals surface area contributed by atoms with Crippen LogP contribution < -0.4 is 5.32 Å². The number of hydrogen-bond acceptors (Lipinski definition) is 3. The van der Waals surface area contributed by atoms with Gasteiger partial charge in [-0.3, -0.25) is 4.79 Å². The average molecular weight is 336 g/mol. The second-order valence-corrected chi connectivity index (χ2v) is 7.85. The molecule has 6 rings (SSSR count). The number of likely N-dealkylation sites (tertiary alicyclic amines) is 1. The summed E-state index contributed by atoms with van der Waals surface area (Å²) in [6.45, 7) is 5.90. The third-order valence-corrected chi connectivity index (χ3v) is 6.34. The summed E-state index contributed by atoms with van der Waals surface area (Å²) in [4.78, 5) is 19.3. The quantitative estimate of drug-likeness (QED) is 0.857. The van der Waals surface area contributed by atoms with Crippen molar-refractivity contribution in [2.75, 3.05) is 13.1 Å². The normalized spacial score (nSPS) is 31.8. The third kappa shape index (κ3) is 2.49. The number of pyridine rings is 1. The molecule has 1 unspecified atom stereocenters. The summed E-state index contributed by atoms with van der Waals surface area (Å²) < 4.78 is 2.06. The molecular formula is C20H24N4O. The molecule has 2 aromatic rings. The molecule has 1 saturated carbocycles. The van der Waals surface area contributed by atoms with Gasteiger partial charge in [-0.25, -0.2) is 4.98 Å². The molecule has 3 saturated heterocycles. The molecule has 2 aromatic heterocycles. The monoisotopic (exact) mass is 336 g/mol. The van der Waals surface area contributed by atoms with Crippen LogP contribution in [0.2, 0.25) is 0 Å². The number of hydrogen-bond donors (Lipinski definition) is 1. The molecule has 4 aliphatic rings. The van der Waals surface area contributed by atoms with Gasteiger partial charge in [0.05, 0.1) is 24.1 Å². The zero-order valence-electron chi connectivity index (χ0n) is 14.4. The molecule has 1 aliphatic carbocycles. The van der Waals surface area contributed by atoms with Gasteiger partial charge in [0.15, 0.2) is 0 Å². The summed E-state index contributed by atoms with van der Waals surface area (Å²) in [7, 11) is 0. The summed E-state index contributed by atoms with van der Waals surface area (Å²) in [5, 5.41) is 3.57. The van der Waals surface area contributed by atoms with E-state index < -0.39 is 0 Å². The van der Waals surface area contributed by atoms with Crippen molar-refractivity contribution < 1.29 is 4.79 Å². The van der Waals surface area contributed by atoms with E-state index in [1.807, 2.05) is 12.5 Å². The van der Waals surface area contributed by atoms with Crippen molar-refractivity contribution in [3.8, 4) is 0 Å². The lowest BCUT2D eigenvalue weighted by Gasteiger charge is -2.45. The lowest BCUT2D eigenvalue weighted by Crippen LogP contribution is -2.59. The van der Waals surface area contributed by atoms with Gasteiger partial charge in [-0.1, -0.05) is 18.2 Å². The van der Waals surface area contributed by atoms with E-state index in [0.717, 1.165) is 37.9 Å². The van der Waals surface area contributed by atoms with Gasteiger partial charge >= 0.3 is 0 Å². The Morgan fingerprint density at radius 3 is 3.04 bits per heavy atom. The first-order chi connectivity index (χ1) is 12.2. The van der Waals surface area contributed by atoms with Crippen LogP contribution in [0.1, 0.15) is 37.2 Å². The van der Waals surface area contributed by atoms with Crippen molar-refractivity contribution in [3.05, 3.63) is 48.6 Å². The van der Waals surface area contributed by atoms with E-state index in [1.165, 1.54) is 17.6 Å². The number of nitrogens with one attached hydrogen (secondary N) is 1. The van der Waals surface area contributed by atoms with Crippen LogP contribution in [0.4, 0.5) is 0 Å². The van der Waals surface area contributed by atoms with E-state index in [1.54, 1.807) is 0 Å². The summed E-state index contributed by atoms with van der Waals surface area (Å²) in [5.41, 5.74) is 3.67.